The number of halogens is 2. The molecule has 0 unspecified atom stereocenters. The predicted molar refractivity (Wildman–Crippen MR) is 61.2 cm³/mol. The normalized spacial score (nSPS) is 9.53. The fraction of sp³-hybridized carbons (Fsp3) is 0.333. The van der Waals surface area contributed by atoms with Gasteiger partial charge in [-0.1, -0.05) is 17.7 Å². The lowest BCUT2D eigenvalue weighted by Gasteiger charge is -2.06. The second-order valence-corrected chi connectivity index (χ2v) is 3.46. The van der Waals surface area contributed by atoms with E-state index in [0.29, 0.717) is 17.1 Å². The van der Waals surface area contributed by atoms with Crippen LogP contribution in [0.15, 0.2) is 18.2 Å². The molecule has 0 heterocycles. The first-order chi connectivity index (χ1) is 7.25. The zero-order valence-corrected chi connectivity index (χ0v) is 9.37. The molecule has 0 saturated heterocycles. The summed E-state index contributed by atoms with van der Waals surface area (Å²) >= 11 is 5.86. The van der Waals surface area contributed by atoms with Crippen LogP contribution in [0.4, 0.5) is 4.39 Å². The van der Waals surface area contributed by atoms with Crippen LogP contribution >= 0.6 is 11.6 Å². The van der Waals surface area contributed by atoms with Gasteiger partial charge >= 0.3 is 0 Å². The second-order valence-electron chi connectivity index (χ2n) is 3.05. The first-order valence-electron chi connectivity index (χ1n) is 4.79. The van der Waals surface area contributed by atoms with E-state index >= 15 is 0 Å². The summed E-state index contributed by atoms with van der Waals surface area (Å²) in [5.41, 5.74) is 0.517. The van der Waals surface area contributed by atoms with Gasteiger partial charge in [0.2, 0.25) is 0 Å². The maximum Gasteiger partial charge on any atom is 0.129 e. The van der Waals surface area contributed by atoms with Crippen LogP contribution in [0.25, 0.3) is 0 Å². The number of rotatable bonds is 4. The molecule has 1 rings (SSSR count). The van der Waals surface area contributed by atoms with Gasteiger partial charge in [-0.2, -0.15) is 0 Å². The average Bonchev–Trinajstić information content (AvgIpc) is 2.21. The summed E-state index contributed by atoms with van der Waals surface area (Å²) in [6.45, 7) is 2.98. The lowest BCUT2D eigenvalue weighted by molar-refractivity contribution is 0.590. The van der Waals surface area contributed by atoms with Crippen molar-refractivity contribution in [3.63, 3.8) is 0 Å². The van der Waals surface area contributed by atoms with Gasteiger partial charge in [0.1, 0.15) is 5.82 Å². The Hall–Kier alpha value is -1.04. The first-order valence-corrected chi connectivity index (χ1v) is 5.16. The average molecular weight is 226 g/mol. The molecule has 80 valence electrons. The van der Waals surface area contributed by atoms with Crippen molar-refractivity contribution in [2.75, 3.05) is 6.54 Å². The van der Waals surface area contributed by atoms with Gasteiger partial charge in [0.25, 0.3) is 0 Å². The first kappa shape index (κ1) is 12.0. The van der Waals surface area contributed by atoms with Crippen molar-refractivity contribution in [2.24, 2.45) is 0 Å². The van der Waals surface area contributed by atoms with Gasteiger partial charge in [-0.05, 0) is 19.1 Å². The van der Waals surface area contributed by atoms with E-state index in [1.165, 1.54) is 6.07 Å². The lowest BCUT2D eigenvalue weighted by atomic mass is 10.2. The highest BCUT2D eigenvalue weighted by atomic mass is 35.5. The fourth-order valence-electron chi connectivity index (χ4n) is 1.19. The van der Waals surface area contributed by atoms with Crippen LogP contribution < -0.4 is 5.32 Å². The highest BCUT2D eigenvalue weighted by Gasteiger charge is 2.04. The zero-order valence-electron chi connectivity index (χ0n) is 8.61. The molecule has 0 aromatic heterocycles. The molecular weight excluding hydrogens is 213 g/mol. The van der Waals surface area contributed by atoms with E-state index in [2.05, 4.69) is 17.2 Å². The molecule has 0 radical (unpaired) electrons. The van der Waals surface area contributed by atoms with Crippen LogP contribution in [0.2, 0.25) is 5.02 Å². The van der Waals surface area contributed by atoms with Gasteiger partial charge < -0.3 is 5.32 Å². The van der Waals surface area contributed by atoms with Crippen molar-refractivity contribution < 1.29 is 4.39 Å². The third-order valence-electron chi connectivity index (χ3n) is 1.97. The molecule has 1 aromatic rings. The van der Waals surface area contributed by atoms with Crippen molar-refractivity contribution in [2.45, 2.75) is 19.9 Å². The minimum Gasteiger partial charge on any atom is -0.312 e. The largest absolute Gasteiger partial charge is 0.312 e. The Labute approximate surface area is 94.6 Å². The number of benzene rings is 1. The molecule has 0 fully saturated rings. The summed E-state index contributed by atoms with van der Waals surface area (Å²) < 4.78 is 13.3. The van der Waals surface area contributed by atoms with Crippen molar-refractivity contribution in [3.8, 4) is 11.8 Å². The Bertz CT molecular complexity index is 359. The van der Waals surface area contributed by atoms with Crippen LogP contribution in [-0.2, 0) is 6.54 Å². The van der Waals surface area contributed by atoms with Crippen molar-refractivity contribution in [1.29, 1.82) is 0 Å². The summed E-state index contributed by atoms with van der Waals surface area (Å²) in [6.07, 6.45) is 0.766. The molecule has 0 aliphatic carbocycles. The zero-order chi connectivity index (χ0) is 11.1. The van der Waals surface area contributed by atoms with E-state index in [-0.39, 0.29) is 5.82 Å². The summed E-state index contributed by atoms with van der Waals surface area (Å²) in [5.74, 6) is 5.46. The van der Waals surface area contributed by atoms with E-state index in [1.54, 1.807) is 19.1 Å². The van der Waals surface area contributed by atoms with E-state index in [9.17, 15) is 4.39 Å². The predicted octanol–water partition coefficient (Wildman–Crippen LogP) is 2.98. The number of hydrogen-bond acceptors (Lipinski definition) is 1. The smallest absolute Gasteiger partial charge is 0.129 e. The molecule has 3 heteroatoms. The Balaban J connectivity index is 2.45. The molecular formula is C12H13ClFN. The minimum atomic E-state index is -0.267. The Morgan fingerprint density at radius 1 is 1.47 bits per heavy atom. The number of hydrogen-bond donors (Lipinski definition) is 1. The highest BCUT2D eigenvalue weighted by Crippen LogP contribution is 2.18. The monoisotopic (exact) mass is 225 g/mol. The van der Waals surface area contributed by atoms with E-state index in [1.807, 2.05) is 0 Å². The topological polar surface area (TPSA) is 12.0 Å². The second kappa shape index (κ2) is 6.44. The molecule has 1 nitrogen and oxygen atoms in total. The summed E-state index contributed by atoms with van der Waals surface area (Å²) in [4.78, 5) is 0. The third-order valence-corrected chi connectivity index (χ3v) is 2.32. The van der Waals surface area contributed by atoms with Gasteiger partial charge in [-0.15, -0.1) is 11.8 Å². The van der Waals surface area contributed by atoms with Crippen LogP contribution in [0.1, 0.15) is 18.9 Å². The SMILES string of the molecule is CC#CCCNCc1c(F)cccc1Cl. The van der Waals surface area contributed by atoms with Gasteiger partial charge in [-0.25, -0.2) is 4.39 Å². The molecule has 0 amide bonds. The molecule has 0 saturated carbocycles. The molecule has 0 aliphatic heterocycles. The standard InChI is InChI=1S/C12H13ClFN/c1-2-3-4-8-15-9-10-11(13)6-5-7-12(10)14/h5-7,15H,4,8-9H2,1H3. The van der Waals surface area contributed by atoms with E-state index < -0.39 is 0 Å². The molecule has 1 N–H and O–H groups in total. The molecule has 0 atom stereocenters. The maximum atomic E-state index is 13.3. The van der Waals surface area contributed by atoms with Crippen molar-refractivity contribution in [1.82, 2.24) is 5.32 Å². The Kier molecular flexibility index (Phi) is 5.17. The van der Waals surface area contributed by atoms with E-state index in [4.69, 9.17) is 11.6 Å². The Morgan fingerprint density at radius 3 is 2.93 bits per heavy atom. The fourth-order valence-corrected chi connectivity index (χ4v) is 1.42. The highest BCUT2D eigenvalue weighted by molar-refractivity contribution is 6.31. The molecule has 0 aliphatic rings. The molecule has 0 bridgehead atoms. The third kappa shape index (κ3) is 3.91. The van der Waals surface area contributed by atoms with E-state index in [0.717, 1.165) is 13.0 Å². The van der Waals surface area contributed by atoms with Crippen molar-refractivity contribution >= 4 is 11.6 Å². The summed E-state index contributed by atoms with van der Waals surface area (Å²) in [7, 11) is 0. The van der Waals surface area contributed by atoms with Crippen LogP contribution in [0.5, 0.6) is 0 Å². The van der Waals surface area contributed by atoms with Gasteiger partial charge in [0, 0.05) is 30.1 Å². The van der Waals surface area contributed by atoms with Gasteiger partial charge in [0.15, 0.2) is 0 Å². The van der Waals surface area contributed by atoms with Crippen LogP contribution in [-0.4, -0.2) is 6.54 Å². The lowest BCUT2D eigenvalue weighted by Crippen LogP contribution is -2.15. The van der Waals surface area contributed by atoms with Gasteiger partial charge in [0.05, 0.1) is 0 Å². The minimum absolute atomic E-state index is 0.267. The summed E-state index contributed by atoms with van der Waals surface area (Å²) in [6, 6.07) is 4.70. The quantitative estimate of drug-likeness (QED) is 0.614. The molecule has 1 aromatic carbocycles. The van der Waals surface area contributed by atoms with Crippen LogP contribution in [0, 0.1) is 17.7 Å². The van der Waals surface area contributed by atoms with Gasteiger partial charge in [-0.3, -0.25) is 0 Å². The summed E-state index contributed by atoms with van der Waals surface area (Å²) in [5, 5.41) is 3.55. The Morgan fingerprint density at radius 2 is 2.27 bits per heavy atom. The molecule has 15 heavy (non-hydrogen) atoms. The maximum absolute atomic E-state index is 13.3. The number of nitrogens with one attached hydrogen (secondary N) is 1. The van der Waals surface area contributed by atoms with Crippen molar-refractivity contribution in [3.05, 3.63) is 34.6 Å². The molecule has 0 spiro atoms. The van der Waals surface area contributed by atoms with Crippen LogP contribution in [0.3, 0.4) is 0 Å².